The first-order valence-corrected chi connectivity index (χ1v) is 10.6. The Balaban J connectivity index is 1.40. The van der Waals surface area contributed by atoms with E-state index >= 15 is 0 Å². The van der Waals surface area contributed by atoms with Crippen molar-refractivity contribution < 1.29 is 4.79 Å². The van der Waals surface area contributed by atoms with Gasteiger partial charge in [0.1, 0.15) is 5.69 Å². The number of hydrogen-bond acceptors (Lipinski definition) is 4. The SMILES string of the molecule is Cc1ccccc1N1CCN(CC(=O)Nc2c(C)n(C)n(-c3ccccc3)c2=O)CC1. The molecule has 0 aliphatic carbocycles. The highest BCUT2D eigenvalue weighted by Crippen LogP contribution is 2.21. The van der Waals surface area contributed by atoms with Crippen molar-refractivity contribution in [3.8, 4) is 5.69 Å². The van der Waals surface area contributed by atoms with Crippen LogP contribution in [-0.2, 0) is 11.8 Å². The van der Waals surface area contributed by atoms with Crippen LogP contribution in [0.15, 0.2) is 59.4 Å². The van der Waals surface area contributed by atoms with Crippen LogP contribution in [0.25, 0.3) is 5.69 Å². The fourth-order valence-corrected chi connectivity index (χ4v) is 4.16. The van der Waals surface area contributed by atoms with Gasteiger partial charge in [0, 0.05) is 38.9 Å². The summed E-state index contributed by atoms with van der Waals surface area (Å²) < 4.78 is 3.35. The van der Waals surface area contributed by atoms with Crippen LogP contribution in [0.2, 0.25) is 0 Å². The van der Waals surface area contributed by atoms with Crippen molar-refractivity contribution in [3.05, 3.63) is 76.2 Å². The highest BCUT2D eigenvalue weighted by molar-refractivity contribution is 5.92. The number of rotatable bonds is 5. The molecule has 1 fully saturated rings. The minimum absolute atomic E-state index is 0.157. The lowest BCUT2D eigenvalue weighted by Crippen LogP contribution is -2.49. The summed E-state index contributed by atoms with van der Waals surface area (Å²) in [6, 6.07) is 17.8. The summed E-state index contributed by atoms with van der Waals surface area (Å²) in [4.78, 5) is 30.2. The minimum Gasteiger partial charge on any atom is -0.369 e. The van der Waals surface area contributed by atoms with E-state index in [1.54, 1.807) is 9.36 Å². The lowest BCUT2D eigenvalue weighted by Gasteiger charge is -2.36. The Labute approximate surface area is 182 Å². The van der Waals surface area contributed by atoms with Crippen molar-refractivity contribution in [1.29, 1.82) is 0 Å². The molecule has 0 saturated carbocycles. The molecule has 3 aromatic rings. The second-order valence-electron chi connectivity index (χ2n) is 8.03. The molecule has 0 spiro atoms. The maximum Gasteiger partial charge on any atom is 0.295 e. The standard InChI is InChI=1S/C24H29N5O2/c1-18-9-7-8-12-21(18)28-15-13-27(14-16-28)17-22(30)25-23-19(2)26(3)29(24(23)31)20-10-5-4-6-11-20/h4-12H,13-17H2,1-3H3,(H,25,30). The number of piperazine rings is 1. The molecule has 7 heteroatoms. The van der Waals surface area contributed by atoms with Crippen molar-refractivity contribution in [2.24, 2.45) is 7.05 Å². The van der Waals surface area contributed by atoms with Gasteiger partial charge in [0.05, 0.1) is 17.9 Å². The maximum atomic E-state index is 13.0. The van der Waals surface area contributed by atoms with Gasteiger partial charge in [-0.1, -0.05) is 36.4 Å². The zero-order valence-electron chi connectivity index (χ0n) is 18.3. The molecule has 1 aromatic heterocycles. The fourth-order valence-electron chi connectivity index (χ4n) is 4.16. The van der Waals surface area contributed by atoms with E-state index in [2.05, 4.69) is 46.3 Å². The topological polar surface area (TPSA) is 62.5 Å². The number of aryl methyl sites for hydroxylation is 1. The third-order valence-electron chi connectivity index (χ3n) is 6.01. The molecule has 2 heterocycles. The monoisotopic (exact) mass is 419 g/mol. The van der Waals surface area contributed by atoms with Gasteiger partial charge < -0.3 is 10.2 Å². The molecule has 1 aliphatic rings. The predicted octanol–water partition coefficient (Wildman–Crippen LogP) is 2.55. The van der Waals surface area contributed by atoms with Crippen molar-refractivity contribution in [2.75, 3.05) is 42.9 Å². The van der Waals surface area contributed by atoms with Gasteiger partial charge in [-0.05, 0) is 37.6 Å². The molecule has 7 nitrogen and oxygen atoms in total. The minimum atomic E-state index is -0.219. The second kappa shape index (κ2) is 8.81. The molecular weight excluding hydrogens is 390 g/mol. The summed E-state index contributed by atoms with van der Waals surface area (Å²) in [6.45, 7) is 7.62. The molecule has 1 saturated heterocycles. The van der Waals surface area contributed by atoms with E-state index in [1.807, 2.05) is 44.3 Å². The number of hydrogen-bond donors (Lipinski definition) is 1. The smallest absolute Gasteiger partial charge is 0.295 e. The van der Waals surface area contributed by atoms with Crippen LogP contribution in [0.3, 0.4) is 0 Å². The van der Waals surface area contributed by atoms with Gasteiger partial charge in [0.25, 0.3) is 5.56 Å². The Morgan fingerprint density at radius 2 is 1.58 bits per heavy atom. The third-order valence-corrected chi connectivity index (χ3v) is 6.01. The molecular formula is C24H29N5O2. The number of benzene rings is 2. The van der Waals surface area contributed by atoms with Crippen molar-refractivity contribution >= 4 is 17.3 Å². The number of para-hydroxylation sites is 2. The normalized spacial score (nSPS) is 14.6. The summed E-state index contributed by atoms with van der Waals surface area (Å²) in [5.74, 6) is -0.157. The summed E-state index contributed by atoms with van der Waals surface area (Å²) in [7, 11) is 1.82. The molecule has 0 unspecified atom stereocenters. The molecule has 1 N–H and O–H groups in total. The van der Waals surface area contributed by atoms with Crippen molar-refractivity contribution in [2.45, 2.75) is 13.8 Å². The first-order valence-electron chi connectivity index (χ1n) is 10.6. The Morgan fingerprint density at radius 3 is 2.26 bits per heavy atom. The van der Waals surface area contributed by atoms with E-state index in [-0.39, 0.29) is 18.0 Å². The Bertz CT molecular complexity index is 1120. The summed E-state index contributed by atoms with van der Waals surface area (Å²) in [5, 5.41) is 2.86. The van der Waals surface area contributed by atoms with Crippen LogP contribution >= 0.6 is 0 Å². The summed E-state index contributed by atoms with van der Waals surface area (Å²) in [6.07, 6.45) is 0. The quantitative estimate of drug-likeness (QED) is 0.691. The Hall–Kier alpha value is -3.32. The first kappa shape index (κ1) is 20.9. The van der Waals surface area contributed by atoms with Gasteiger partial charge in [0.15, 0.2) is 0 Å². The molecule has 4 rings (SSSR count). The molecule has 0 bridgehead atoms. The van der Waals surface area contributed by atoms with E-state index in [9.17, 15) is 9.59 Å². The van der Waals surface area contributed by atoms with Crippen molar-refractivity contribution in [1.82, 2.24) is 14.3 Å². The Kier molecular flexibility index (Phi) is 5.95. The van der Waals surface area contributed by atoms with Crippen LogP contribution in [-0.4, -0.2) is 52.9 Å². The highest BCUT2D eigenvalue weighted by Gasteiger charge is 2.22. The molecule has 0 atom stereocenters. The number of carbonyl (C=O) groups excluding carboxylic acids is 1. The van der Waals surface area contributed by atoms with E-state index in [4.69, 9.17) is 0 Å². The number of aromatic nitrogens is 2. The summed E-state index contributed by atoms with van der Waals surface area (Å²) in [5.41, 5.74) is 4.15. The number of nitrogens with one attached hydrogen (secondary N) is 1. The number of carbonyl (C=O) groups is 1. The molecule has 1 amide bonds. The van der Waals surface area contributed by atoms with Gasteiger partial charge in [-0.2, -0.15) is 0 Å². The van der Waals surface area contributed by atoms with E-state index in [0.717, 1.165) is 37.6 Å². The maximum absolute atomic E-state index is 13.0. The highest BCUT2D eigenvalue weighted by atomic mass is 16.2. The van der Waals surface area contributed by atoms with Gasteiger partial charge in [0.2, 0.25) is 5.91 Å². The average molecular weight is 420 g/mol. The molecule has 0 radical (unpaired) electrons. The van der Waals surface area contributed by atoms with Gasteiger partial charge in [-0.3, -0.25) is 19.2 Å². The van der Waals surface area contributed by atoms with Crippen LogP contribution in [0.4, 0.5) is 11.4 Å². The van der Waals surface area contributed by atoms with Crippen LogP contribution in [0.1, 0.15) is 11.3 Å². The average Bonchev–Trinajstić information content (AvgIpc) is 2.98. The van der Waals surface area contributed by atoms with Crippen LogP contribution < -0.4 is 15.8 Å². The molecule has 162 valence electrons. The molecule has 31 heavy (non-hydrogen) atoms. The Morgan fingerprint density at radius 1 is 0.935 bits per heavy atom. The zero-order chi connectivity index (χ0) is 22.0. The molecule has 1 aliphatic heterocycles. The van der Waals surface area contributed by atoms with Crippen LogP contribution in [0, 0.1) is 13.8 Å². The number of anilines is 2. The third kappa shape index (κ3) is 4.27. The number of nitrogens with zero attached hydrogens (tertiary/aromatic N) is 4. The van der Waals surface area contributed by atoms with E-state index in [0.29, 0.717) is 5.69 Å². The van der Waals surface area contributed by atoms with Gasteiger partial charge in [-0.25, -0.2) is 4.68 Å². The largest absolute Gasteiger partial charge is 0.369 e. The van der Waals surface area contributed by atoms with Gasteiger partial charge in [-0.15, -0.1) is 0 Å². The lowest BCUT2D eigenvalue weighted by molar-refractivity contribution is -0.117. The summed E-state index contributed by atoms with van der Waals surface area (Å²) >= 11 is 0. The zero-order valence-corrected chi connectivity index (χ0v) is 18.3. The fraction of sp³-hybridized carbons (Fsp3) is 0.333. The number of amides is 1. The van der Waals surface area contributed by atoms with Crippen LogP contribution in [0.5, 0.6) is 0 Å². The van der Waals surface area contributed by atoms with Crippen molar-refractivity contribution in [3.63, 3.8) is 0 Å². The van der Waals surface area contributed by atoms with E-state index < -0.39 is 0 Å². The van der Waals surface area contributed by atoms with Gasteiger partial charge >= 0.3 is 0 Å². The molecule has 2 aromatic carbocycles. The predicted molar refractivity (Wildman–Crippen MR) is 124 cm³/mol. The lowest BCUT2D eigenvalue weighted by atomic mass is 10.1. The van der Waals surface area contributed by atoms with E-state index in [1.165, 1.54) is 11.3 Å². The second-order valence-corrected chi connectivity index (χ2v) is 8.03. The first-order chi connectivity index (χ1) is 15.0.